The molecular weight excluding hydrogens is 320 g/mol. The smallest absolute Gasteiger partial charge is 0.191 e. The summed E-state index contributed by atoms with van der Waals surface area (Å²) < 4.78 is 22.9. The van der Waals surface area contributed by atoms with E-state index in [1.807, 2.05) is 13.1 Å². The molecule has 0 saturated heterocycles. The Bertz CT molecular complexity index is 633. The van der Waals surface area contributed by atoms with Gasteiger partial charge in [0.05, 0.1) is 10.8 Å². The maximum absolute atomic E-state index is 11.5. The zero-order chi connectivity index (χ0) is 16.2. The first-order chi connectivity index (χ1) is 10.3. The predicted molar refractivity (Wildman–Crippen MR) is 91.3 cm³/mol. The summed E-state index contributed by atoms with van der Waals surface area (Å²) >= 11 is 1.70. The molecule has 0 atom stereocenters. The molecule has 1 aromatic rings. The number of hydrogen-bond acceptors (Lipinski definition) is 5. The second kappa shape index (κ2) is 6.95. The molecule has 6 nitrogen and oxygen atoms in total. The summed E-state index contributed by atoms with van der Waals surface area (Å²) in [5, 5.41) is 7.60. The average molecular weight is 345 g/mol. The standard InChI is InChI=1S/C14H24N4O2S2/c1-11-8-17-12(21-11)4-7-16-13(15-2)18-9-14(5-6-14)10-22(3,19)20/h8H,4-7,9-10H2,1-3H3,(H2,15,16,18). The first-order valence-electron chi connectivity index (χ1n) is 7.35. The zero-order valence-electron chi connectivity index (χ0n) is 13.3. The molecule has 1 saturated carbocycles. The third-order valence-corrected chi connectivity index (χ3v) is 5.79. The van der Waals surface area contributed by atoms with Crippen LogP contribution in [-0.2, 0) is 16.3 Å². The van der Waals surface area contributed by atoms with Crippen LogP contribution >= 0.6 is 11.3 Å². The highest BCUT2D eigenvalue weighted by molar-refractivity contribution is 7.90. The fraction of sp³-hybridized carbons (Fsp3) is 0.714. The van der Waals surface area contributed by atoms with Crippen LogP contribution in [0, 0.1) is 12.3 Å². The van der Waals surface area contributed by atoms with Crippen LogP contribution in [0.4, 0.5) is 0 Å². The van der Waals surface area contributed by atoms with Gasteiger partial charge in [0, 0.05) is 49.3 Å². The molecule has 124 valence electrons. The molecule has 0 spiro atoms. The first kappa shape index (κ1) is 17.2. The molecule has 1 fully saturated rings. The van der Waals surface area contributed by atoms with Crippen molar-refractivity contribution in [1.29, 1.82) is 0 Å². The van der Waals surface area contributed by atoms with Gasteiger partial charge in [-0.1, -0.05) is 0 Å². The van der Waals surface area contributed by atoms with Crippen LogP contribution in [-0.4, -0.2) is 51.5 Å². The van der Waals surface area contributed by atoms with Crippen LogP contribution in [0.25, 0.3) is 0 Å². The van der Waals surface area contributed by atoms with Crippen molar-refractivity contribution < 1.29 is 8.42 Å². The van der Waals surface area contributed by atoms with E-state index in [4.69, 9.17) is 0 Å². The van der Waals surface area contributed by atoms with Crippen molar-refractivity contribution in [3.8, 4) is 0 Å². The molecule has 1 aliphatic carbocycles. The van der Waals surface area contributed by atoms with E-state index in [0.29, 0.717) is 12.5 Å². The molecule has 0 radical (unpaired) electrons. The molecule has 1 aliphatic rings. The molecule has 0 aliphatic heterocycles. The summed E-state index contributed by atoms with van der Waals surface area (Å²) in [5.41, 5.74) is -0.0996. The maximum Gasteiger partial charge on any atom is 0.191 e. The largest absolute Gasteiger partial charge is 0.356 e. The van der Waals surface area contributed by atoms with Crippen molar-refractivity contribution in [2.75, 3.05) is 32.1 Å². The van der Waals surface area contributed by atoms with Crippen LogP contribution in [0.2, 0.25) is 0 Å². The highest BCUT2D eigenvalue weighted by Crippen LogP contribution is 2.45. The first-order valence-corrected chi connectivity index (χ1v) is 10.2. The number of aliphatic imine (C=N–C) groups is 1. The van der Waals surface area contributed by atoms with Gasteiger partial charge in [0.15, 0.2) is 5.96 Å². The van der Waals surface area contributed by atoms with Crippen LogP contribution < -0.4 is 10.6 Å². The SMILES string of the molecule is CN=C(NCCc1ncc(C)s1)NCC1(CS(C)(=O)=O)CC1. The van der Waals surface area contributed by atoms with Gasteiger partial charge in [-0.25, -0.2) is 13.4 Å². The highest BCUT2D eigenvalue weighted by atomic mass is 32.2. The van der Waals surface area contributed by atoms with Crippen molar-refractivity contribution in [2.24, 2.45) is 10.4 Å². The Morgan fingerprint density at radius 2 is 2.18 bits per heavy atom. The van der Waals surface area contributed by atoms with Crippen molar-refractivity contribution in [2.45, 2.75) is 26.2 Å². The lowest BCUT2D eigenvalue weighted by molar-refractivity contribution is 0.529. The number of rotatable bonds is 7. The maximum atomic E-state index is 11.5. The topological polar surface area (TPSA) is 83.4 Å². The second-order valence-corrected chi connectivity index (χ2v) is 9.50. The lowest BCUT2D eigenvalue weighted by Crippen LogP contribution is -2.42. The number of sulfone groups is 1. The number of nitrogens with one attached hydrogen (secondary N) is 2. The third kappa shape index (κ3) is 5.57. The molecule has 1 aromatic heterocycles. The van der Waals surface area contributed by atoms with E-state index in [1.54, 1.807) is 18.4 Å². The molecule has 1 heterocycles. The number of guanidine groups is 1. The van der Waals surface area contributed by atoms with E-state index in [-0.39, 0.29) is 11.2 Å². The molecule has 0 bridgehead atoms. The van der Waals surface area contributed by atoms with E-state index < -0.39 is 9.84 Å². The molecule has 2 rings (SSSR count). The lowest BCUT2D eigenvalue weighted by Gasteiger charge is -2.17. The van der Waals surface area contributed by atoms with Gasteiger partial charge in [-0.2, -0.15) is 0 Å². The number of nitrogens with zero attached hydrogens (tertiary/aromatic N) is 2. The van der Waals surface area contributed by atoms with Gasteiger partial charge in [-0.05, 0) is 19.8 Å². The van der Waals surface area contributed by atoms with Gasteiger partial charge >= 0.3 is 0 Å². The number of aryl methyl sites for hydroxylation is 1. The van der Waals surface area contributed by atoms with Crippen molar-refractivity contribution >= 4 is 27.1 Å². The summed E-state index contributed by atoms with van der Waals surface area (Å²) in [5.74, 6) is 0.968. The number of hydrogen-bond donors (Lipinski definition) is 2. The zero-order valence-corrected chi connectivity index (χ0v) is 15.0. The van der Waals surface area contributed by atoms with Gasteiger partial charge in [0.25, 0.3) is 0 Å². The summed E-state index contributed by atoms with van der Waals surface area (Å²) in [6, 6.07) is 0. The second-order valence-electron chi connectivity index (χ2n) is 6.04. The Morgan fingerprint density at radius 3 is 2.68 bits per heavy atom. The Kier molecular flexibility index (Phi) is 5.44. The van der Waals surface area contributed by atoms with Crippen LogP contribution in [0.3, 0.4) is 0 Å². The Balaban J connectivity index is 1.74. The minimum atomic E-state index is -2.93. The quantitative estimate of drug-likeness (QED) is 0.569. The van der Waals surface area contributed by atoms with Crippen molar-refractivity contribution in [1.82, 2.24) is 15.6 Å². The van der Waals surface area contributed by atoms with Crippen molar-refractivity contribution in [3.05, 3.63) is 16.1 Å². The third-order valence-electron chi connectivity index (χ3n) is 3.68. The van der Waals surface area contributed by atoms with E-state index >= 15 is 0 Å². The number of aromatic nitrogens is 1. The molecule has 22 heavy (non-hydrogen) atoms. The summed E-state index contributed by atoms with van der Waals surface area (Å²) in [7, 11) is -1.21. The van der Waals surface area contributed by atoms with Gasteiger partial charge in [0.2, 0.25) is 0 Å². The predicted octanol–water partition coefficient (Wildman–Crippen LogP) is 0.984. The molecule has 0 unspecified atom stereocenters. The summed E-state index contributed by atoms with van der Waals surface area (Å²) in [4.78, 5) is 9.72. The van der Waals surface area contributed by atoms with Crippen LogP contribution in [0.5, 0.6) is 0 Å². The fourth-order valence-corrected chi connectivity index (χ4v) is 4.69. The Hall–Kier alpha value is -1.15. The van der Waals surface area contributed by atoms with Gasteiger partial charge < -0.3 is 10.6 Å². The fourth-order valence-electron chi connectivity index (χ4n) is 2.40. The minimum absolute atomic E-state index is 0.0996. The lowest BCUT2D eigenvalue weighted by atomic mass is 10.1. The number of thiazole rings is 1. The average Bonchev–Trinajstić information content (AvgIpc) is 3.04. The van der Waals surface area contributed by atoms with E-state index in [2.05, 4.69) is 20.6 Å². The molecular formula is C14H24N4O2S2. The van der Waals surface area contributed by atoms with E-state index in [9.17, 15) is 8.42 Å². The van der Waals surface area contributed by atoms with Gasteiger partial charge in [-0.15, -0.1) is 11.3 Å². The molecule has 2 N–H and O–H groups in total. The Labute approximate surface area is 136 Å². The van der Waals surface area contributed by atoms with Crippen LogP contribution in [0.1, 0.15) is 22.7 Å². The molecule has 0 amide bonds. The highest BCUT2D eigenvalue weighted by Gasteiger charge is 2.45. The minimum Gasteiger partial charge on any atom is -0.356 e. The van der Waals surface area contributed by atoms with E-state index in [1.165, 1.54) is 11.1 Å². The normalized spacial score (nSPS) is 17.3. The summed E-state index contributed by atoms with van der Waals surface area (Å²) in [6.45, 7) is 3.45. The molecule has 8 heteroatoms. The van der Waals surface area contributed by atoms with Crippen LogP contribution in [0.15, 0.2) is 11.2 Å². The van der Waals surface area contributed by atoms with Gasteiger partial charge in [0.1, 0.15) is 9.84 Å². The van der Waals surface area contributed by atoms with Crippen molar-refractivity contribution in [3.63, 3.8) is 0 Å². The summed E-state index contributed by atoms with van der Waals surface area (Å²) in [6.07, 6.45) is 5.96. The Morgan fingerprint density at radius 1 is 1.45 bits per heavy atom. The molecule has 0 aromatic carbocycles. The monoisotopic (exact) mass is 344 g/mol. The van der Waals surface area contributed by atoms with E-state index in [0.717, 1.165) is 30.8 Å². The van der Waals surface area contributed by atoms with Gasteiger partial charge in [-0.3, -0.25) is 4.99 Å².